The Kier molecular flexibility index (Phi) is 7.59. The highest BCUT2D eigenvalue weighted by Gasteiger charge is 2.25. The van der Waals surface area contributed by atoms with Gasteiger partial charge in [0.05, 0.1) is 0 Å². The predicted molar refractivity (Wildman–Crippen MR) is 109 cm³/mol. The SMILES string of the molecule is CCc1ccc(CCC(=O)N(Cc2ccccc2C)[C@@H](C)C(=O)NC)cc1. The van der Waals surface area contributed by atoms with Crippen LogP contribution in [0.25, 0.3) is 0 Å². The lowest BCUT2D eigenvalue weighted by Crippen LogP contribution is -2.46. The first-order valence-electron chi connectivity index (χ1n) is 9.59. The molecule has 0 bridgehead atoms. The number of nitrogens with zero attached hydrogens (tertiary/aromatic N) is 1. The maximum atomic E-state index is 13.0. The van der Waals surface area contributed by atoms with E-state index in [1.54, 1.807) is 18.9 Å². The molecule has 1 atom stereocenters. The van der Waals surface area contributed by atoms with Crippen LogP contribution in [0.1, 0.15) is 42.5 Å². The largest absolute Gasteiger partial charge is 0.357 e. The lowest BCUT2D eigenvalue weighted by molar-refractivity contribution is -0.140. The highest BCUT2D eigenvalue weighted by molar-refractivity contribution is 5.87. The maximum Gasteiger partial charge on any atom is 0.242 e. The lowest BCUT2D eigenvalue weighted by atomic mass is 10.0. The average Bonchev–Trinajstić information content (AvgIpc) is 2.70. The van der Waals surface area contributed by atoms with E-state index in [2.05, 4.69) is 36.5 Å². The van der Waals surface area contributed by atoms with Gasteiger partial charge in [0.25, 0.3) is 0 Å². The van der Waals surface area contributed by atoms with Crippen molar-refractivity contribution in [1.82, 2.24) is 10.2 Å². The third-order valence-corrected chi connectivity index (χ3v) is 5.07. The summed E-state index contributed by atoms with van der Waals surface area (Å²) in [6, 6.07) is 15.9. The Morgan fingerprint density at radius 1 is 1.04 bits per heavy atom. The normalized spacial score (nSPS) is 11.7. The molecule has 2 amide bonds. The molecular formula is C23H30N2O2. The molecule has 0 aliphatic carbocycles. The Balaban J connectivity index is 2.12. The molecule has 0 saturated carbocycles. The topological polar surface area (TPSA) is 49.4 Å². The lowest BCUT2D eigenvalue weighted by Gasteiger charge is -2.29. The van der Waals surface area contributed by atoms with Crippen LogP contribution in [0.5, 0.6) is 0 Å². The Morgan fingerprint density at radius 2 is 1.67 bits per heavy atom. The van der Waals surface area contributed by atoms with E-state index in [0.29, 0.717) is 19.4 Å². The van der Waals surface area contributed by atoms with Crippen molar-refractivity contribution in [3.8, 4) is 0 Å². The number of hydrogen-bond donors (Lipinski definition) is 1. The highest BCUT2D eigenvalue weighted by atomic mass is 16.2. The molecule has 0 spiro atoms. The van der Waals surface area contributed by atoms with Crippen LogP contribution in [0.2, 0.25) is 0 Å². The summed E-state index contributed by atoms with van der Waals surface area (Å²) in [7, 11) is 1.60. The van der Waals surface area contributed by atoms with E-state index in [-0.39, 0.29) is 11.8 Å². The van der Waals surface area contributed by atoms with Crippen LogP contribution in [0.3, 0.4) is 0 Å². The summed E-state index contributed by atoms with van der Waals surface area (Å²) in [6.45, 7) is 6.37. The molecule has 1 N–H and O–H groups in total. The fraction of sp³-hybridized carbons (Fsp3) is 0.391. The molecule has 0 unspecified atom stereocenters. The van der Waals surface area contributed by atoms with Crippen LogP contribution in [0.15, 0.2) is 48.5 Å². The second-order valence-corrected chi connectivity index (χ2v) is 6.91. The summed E-state index contributed by atoms with van der Waals surface area (Å²) in [5.41, 5.74) is 4.62. The summed E-state index contributed by atoms with van der Waals surface area (Å²) < 4.78 is 0. The van der Waals surface area contributed by atoms with Gasteiger partial charge in [0.2, 0.25) is 11.8 Å². The van der Waals surface area contributed by atoms with Gasteiger partial charge >= 0.3 is 0 Å². The van der Waals surface area contributed by atoms with E-state index in [1.165, 1.54) is 5.56 Å². The van der Waals surface area contributed by atoms with Gasteiger partial charge in [0.1, 0.15) is 6.04 Å². The van der Waals surface area contributed by atoms with Gasteiger partial charge < -0.3 is 10.2 Å². The maximum absolute atomic E-state index is 13.0. The van der Waals surface area contributed by atoms with Crippen molar-refractivity contribution in [2.75, 3.05) is 7.05 Å². The molecule has 144 valence electrons. The minimum Gasteiger partial charge on any atom is -0.357 e. The van der Waals surface area contributed by atoms with Gasteiger partial charge in [-0.1, -0.05) is 55.5 Å². The zero-order valence-corrected chi connectivity index (χ0v) is 16.8. The molecular weight excluding hydrogens is 336 g/mol. The number of hydrogen-bond acceptors (Lipinski definition) is 2. The van der Waals surface area contributed by atoms with E-state index in [0.717, 1.165) is 23.1 Å². The summed E-state index contributed by atoms with van der Waals surface area (Å²) in [5.74, 6) is -0.154. The smallest absolute Gasteiger partial charge is 0.242 e. The predicted octanol–water partition coefficient (Wildman–Crippen LogP) is 3.65. The van der Waals surface area contributed by atoms with Crippen molar-refractivity contribution >= 4 is 11.8 Å². The van der Waals surface area contributed by atoms with Gasteiger partial charge in [-0.3, -0.25) is 9.59 Å². The monoisotopic (exact) mass is 366 g/mol. The molecule has 0 aliphatic heterocycles. The first kappa shape index (κ1) is 20.7. The van der Waals surface area contributed by atoms with Crippen molar-refractivity contribution in [1.29, 1.82) is 0 Å². The van der Waals surface area contributed by atoms with Crippen LogP contribution in [0.4, 0.5) is 0 Å². The number of aryl methyl sites for hydroxylation is 3. The van der Waals surface area contributed by atoms with Crippen molar-refractivity contribution in [2.24, 2.45) is 0 Å². The van der Waals surface area contributed by atoms with Gasteiger partial charge in [0.15, 0.2) is 0 Å². The standard InChI is InChI=1S/C23H30N2O2/c1-5-19-10-12-20(13-11-19)14-15-22(26)25(18(3)23(27)24-4)16-21-9-7-6-8-17(21)2/h6-13,18H,5,14-16H2,1-4H3,(H,24,27)/t18-/m0/s1. The zero-order valence-electron chi connectivity index (χ0n) is 16.8. The van der Waals surface area contributed by atoms with Gasteiger partial charge in [-0.25, -0.2) is 0 Å². The number of amides is 2. The Bertz CT molecular complexity index is 768. The number of benzene rings is 2. The van der Waals surface area contributed by atoms with Crippen molar-refractivity contribution < 1.29 is 9.59 Å². The Morgan fingerprint density at radius 3 is 2.26 bits per heavy atom. The molecule has 0 aliphatic rings. The van der Waals surface area contributed by atoms with E-state index < -0.39 is 6.04 Å². The van der Waals surface area contributed by atoms with E-state index >= 15 is 0 Å². The minimum absolute atomic E-state index is 0.00563. The molecule has 0 heterocycles. The molecule has 4 nitrogen and oxygen atoms in total. The van der Waals surface area contributed by atoms with Crippen molar-refractivity contribution in [2.45, 2.75) is 52.6 Å². The Hall–Kier alpha value is -2.62. The molecule has 2 rings (SSSR count). The van der Waals surface area contributed by atoms with Crippen LogP contribution >= 0.6 is 0 Å². The third-order valence-electron chi connectivity index (χ3n) is 5.07. The van der Waals surface area contributed by atoms with E-state index in [1.807, 2.05) is 31.2 Å². The molecule has 0 aromatic heterocycles. The fourth-order valence-electron chi connectivity index (χ4n) is 3.10. The van der Waals surface area contributed by atoms with Crippen LogP contribution in [0, 0.1) is 6.92 Å². The molecule has 27 heavy (non-hydrogen) atoms. The van der Waals surface area contributed by atoms with E-state index in [9.17, 15) is 9.59 Å². The minimum atomic E-state index is -0.510. The zero-order chi connectivity index (χ0) is 19.8. The number of nitrogens with one attached hydrogen (secondary N) is 1. The van der Waals surface area contributed by atoms with Crippen LogP contribution in [-0.4, -0.2) is 29.8 Å². The molecule has 0 fully saturated rings. The average molecular weight is 367 g/mol. The number of likely N-dealkylation sites (N-methyl/N-ethyl adjacent to an activating group) is 1. The van der Waals surface area contributed by atoms with Crippen molar-refractivity contribution in [3.63, 3.8) is 0 Å². The summed E-state index contributed by atoms with van der Waals surface area (Å²) in [5, 5.41) is 2.65. The molecule has 0 radical (unpaired) electrons. The van der Waals surface area contributed by atoms with Crippen LogP contribution < -0.4 is 5.32 Å². The van der Waals surface area contributed by atoms with Crippen molar-refractivity contribution in [3.05, 3.63) is 70.8 Å². The van der Waals surface area contributed by atoms with Crippen LogP contribution in [-0.2, 0) is 29.0 Å². The second kappa shape index (κ2) is 9.91. The highest BCUT2D eigenvalue weighted by Crippen LogP contribution is 2.16. The van der Waals surface area contributed by atoms with Gasteiger partial charge in [0, 0.05) is 20.0 Å². The quantitative estimate of drug-likeness (QED) is 0.775. The summed E-state index contributed by atoms with van der Waals surface area (Å²) in [6.07, 6.45) is 2.07. The molecule has 2 aromatic carbocycles. The number of carbonyl (C=O) groups excluding carboxylic acids is 2. The Labute approximate surface area is 162 Å². The van der Waals surface area contributed by atoms with E-state index in [4.69, 9.17) is 0 Å². The number of rotatable bonds is 8. The number of carbonyl (C=O) groups is 2. The summed E-state index contributed by atoms with van der Waals surface area (Å²) in [4.78, 5) is 26.8. The molecule has 0 saturated heterocycles. The second-order valence-electron chi connectivity index (χ2n) is 6.91. The molecule has 2 aromatic rings. The molecule has 4 heteroatoms. The summed E-state index contributed by atoms with van der Waals surface area (Å²) >= 11 is 0. The first-order chi connectivity index (χ1) is 13.0. The third kappa shape index (κ3) is 5.68. The first-order valence-corrected chi connectivity index (χ1v) is 9.59. The van der Waals surface area contributed by atoms with Gasteiger partial charge in [-0.15, -0.1) is 0 Å². The van der Waals surface area contributed by atoms with Gasteiger partial charge in [-0.05, 0) is 48.9 Å². The van der Waals surface area contributed by atoms with Gasteiger partial charge in [-0.2, -0.15) is 0 Å². The fourth-order valence-corrected chi connectivity index (χ4v) is 3.10.